The molecule has 0 atom stereocenters. The molecule has 0 aliphatic heterocycles. The Kier molecular flexibility index (Phi) is 3.65. The van der Waals surface area contributed by atoms with Gasteiger partial charge in [0, 0.05) is 12.7 Å². The SMILES string of the molecule is CCCNC(=O)c1cncn2c(=O)c3cc4ccccc4cc3nc12. The van der Waals surface area contributed by atoms with Crippen molar-refractivity contribution < 1.29 is 4.79 Å². The first-order chi connectivity index (χ1) is 12.2. The third-order valence-corrected chi connectivity index (χ3v) is 4.17. The predicted octanol–water partition coefficient (Wildman–Crippen LogP) is 2.54. The van der Waals surface area contributed by atoms with E-state index in [-0.39, 0.29) is 11.5 Å². The summed E-state index contributed by atoms with van der Waals surface area (Å²) in [6, 6.07) is 11.5. The first-order valence-corrected chi connectivity index (χ1v) is 8.16. The van der Waals surface area contributed by atoms with E-state index >= 15 is 0 Å². The van der Waals surface area contributed by atoms with Crippen molar-refractivity contribution in [1.82, 2.24) is 19.7 Å². The van der Waals surface area contributed by atoms with Gasteiger partial charge in [-0.2, -0.15) is 0 Å². The summed E-state index contributed by atoms with van der Waals surface area (Å²) in [5, 5.41) is 5.28. The van der Waals surface area contributed by atoms with Crippen LogP contribution in [0.1, 0.15) is 23.7 Å². The second-order valence-corrected chi connectivity index (χ2v) is 5.89. The summed E-state index contributed by atoms with van der Waals surface area (Å²) < 4.78 is 1.33. The van der Waals surface area contributed by atoms with Gasteiger partial charge in [-0.1, -0.05) is 31.2 Å². The van der Waals surface area contributed by atoms with Gasteiger partial charge in [-0.05, 0) is 29.3 Å². The van der Waals surface area contributed by atoms with E-state index in [4.69, 9.17) is 0 Å². The van der Waals surface area contributed by atoms with Crippen molar-refractivity contribution in [3.05, 3.63) is 64.8 Å². The van der Waals surface area contributed by atoms with Gasteiger partial charge in [0.15, 0.2) is 5.65 Å². The molecule has 0 spiro atoms. The minimum Gasteiger partial charge on any atom is -0.352 e. The van der Waals surface area contributed by atoms with Crippen LogP contribution in [-0.2, 0) is 0 Å². The van der Waals surface area contributed by atoms with E-state index in [2.05, 4.69) is 15.3 Å². The lowest BCUT2D eigenvalue weighted by molar-refractivity contribution is 0.0954. The zero-order valence-corrected chi connectivity index (χ0v) is 13.7. The van der Waals surface area contributed by atoms with E-state index in [0.717, 1.165) is 17.2 Å². The Morgan fingerprint density at radius 2 is 1.96 bits per heavy atom. The number of amides is 1. The molecule has 6 heteroatoms. The maximum absolute atomic E-state index is 12.9. The number of nitrogens with zero attached hydrogens (tertiary/aromatic N) is 3. The minimum absolute atomic E-state index is 0.233. The Morgan fingerprint density at radius 1 is 1.20 bits per heavy atom. The molecule has 0 unspecified atom stereocenters. The molecule has 0 saturated heterocycles. The summed E-state index contributed by atoms with van der Waals surface area (Å²) in [5.74, 6) is -0.278. The minimum atomic E-state index is -0.278. The largest absolute Gasteiger partial charge is 0.352 e. The van der Waals surface area contributed by atoms with Crippen LogP contribution in [0.3, 0.4) is 0 Å². The number of carbonyl (C=O) groups excluding carboxylic acids is 1. The standard InChI is InChI=1S/C19H16N4O2/c1-2-7-21-18(24)15-10-20-11-23-17(15)22-16-9-13-6-4-3-5-12(13)8-14(16)19(23)25/h3-6,8-11H,2,7H2,1H3,(H,21,24). The van der Waals surface area contributed by atoms with Crippen molar-refractivity contribution in [3.63, 3.8) is 0 Å². The van der Waals surface area contributed by atoms with Crippen LogP contribution in [-0.4, -0.2) is 26.8 Å². The molecular formula is C19H16N4O2. The first kappa shape index (κ1) is 15.3. The quantitative estimate of drug-likeness (QED) is 0.585. The lowest BCUT2D eigenvalue weighted by Crippen LogP contribution is -2.26. The van der Waals surface area contributed by atoms with E-state index in [1.54, 1.807) is 0 Å². The molecule has 4 rings (SSSR count). The zero-order valence-electron chi connectivity index (χ0n) is 13.7. The third-order valence-electron chi connectivity index (χ3n) is 4.17. The van der Waals surface area contributed by atoms with Crippen molar-refractivity contribution in [2.45, 2.75) is 13.3 Å². The Labute approximate surface area is 143 Å². The van der Waals surface area contributed by atoms with Gasteiger partial charge in [0.25, 0.3) is 11.5 Å². The lowest BCUT2D eigenvalue weighted by Gasteiger charge is -2.09. The molecule has 0 aliphatic rings. The van der Waals surface area contributed by atoms with Gasteiger partial charge in [-0.25, -0.2) is 14.4 Å². The van der Waals surface area contributed by atoms with Crippen LogP contribution in [0, 0.1) is 0 Å². The van der Waals surface area contributed by atoms with Crippen molar-refractivity contribution in [3.8, 4) is 0 Å². The van der Waals surface area contributed by atoms with E-state index in [9.17, 15) is 9.59 Å². The number of carbonyl (C=O) groups is 1. The van der Waals surface area contributed by atoms with Gasteiger partial charge in [-0.15, -0.1) is 0 Å². The summed E-state index contributed by atoms with van der Waals surface area (Å²) in [6.07, 6.45) is 3.67. The number of benzene rings is 2. The van der Waals surface area contributed by atoms with Crippen LogP contribution in [0.5, 0.6) is 0 Å². The highest BCUT2D eigenvalue weighted by Gasteiger charge is 2.15. The highest BCUT2D eigenvalue weighted by atomic mass is 16.2. The Balaban J connectivity index is 2.03. The van der Waals surface area contributed by atoms with Gasteiger partial charge < -0.3 is 5.32 Å². The number of fused-ring (bicyclic) bond motifs is 3. The average molecular weight is 332 g/mol. The van der Waals surface area contributed by atoms with Crippen LogP contribution in [0.4, 0.5) is 0 Å². The van der Waals surface area contributed by atoms with Crippen LogP contribution in [0.15, 0.2) is 53.7 Å². The number of hydrogen-bond acceptors (Lipinski definition) is 4. The number of rotatable bonds is 3. The molecule has 2 aromatic carbocycles. The average Bonchev–Trinajstić information content (AvgIpc) is 2.64. The van der Waals surface area contributed by atoms with Gasteiger partial charge in [0.2, 0.25) is 0 Å². The molecule has 25 heavy (non-hydrogen) atoms. The summed E-state index contributed by atoms with van der Waals surface area (Å²) in [7, 11) is 0. The summed E-state index contributed by atoms with van der Waals surface area (Å²) >= 11 is 0. The van der Waals surface area contributed by atoms with Crippen LogP contribution in [0.2, 0.25) is 0 Å². The maximum Gasteiger partial charge on any atom is 0.267 e. The van der Waals surface area contributed by atoms with E-state index in [1.807, 2.05) is 43.3 Å². The molecule has 0 radical (unpaired) electrons. The summed E-state index contributed by atoms with van der Waals surface area (Å²) in [4.78, 5) is 33.9. The molecule has 1 N–H and O–H groups in total. The fraction of sp³-hybridized carbons (Fsp3) is 0.158. The third kappa shape index (κ3) is 2.52. The van der Waals surface area contributed by atoms with Crippen molar-refractivity contribution in [1.29, 1.82) is 0 Å². The smallest absolute Gasteiger partial charge is 0.267 e. The Hall–Kier alpha value is -3.28. The molecule has 2 heterocycles. The second-order valence-electron chi connectivity index (χ2n) is 5.89. The van der Waals surface area contributed by atoms with Crippen molar-refractivity contribution in [2.75, 3.05) is 6.54 Å². The molecule has 4 aromatic rings. The Bertz CT molecular complexity index is 1180. The molecule has 124 valence electrons. The number of aromatic nitrogens is 3. The number of hydrogen-bond donors (Lipinski definition) is 1. The fourth-order valence-electron chi connectivity index (χ4n) is 2.91. The highest BCUT2D eigenvalue weighted by molar-refractivity contribution is 6.01. The molecule has 1 amide bonds. The molecule has 0 bridgehead atoms. The normalized spacial score (nSPS) is 11.2. The van der Waals surface area contributed by atoms with E-state index < -0.39 is 0 Å². The maximum atomic E-state index is 12.9. The van der Waals surface area contributed by atoms with Crippen LogP contribution >= 0.6 is 0 Å². The van der Waals surface area contributed by atoms with Crippen molar-refractivity contribution in [2.24, 2.45) is 0 Å². The predicted molar refractivity (Wildman–Crippen MR) is 96.9 cm³/mol. The van der Waals surface area contributed by atoms with Crippen LogP contribution in [0.25, 0.3) is 27.3 Å². The zero-order chi connectivity index (χ0) is 17.4. The molecular weight excluding hydrogens is 316 g/mol. The van der Waals surface area contributed by atoms with Gasteiger partial charge >= 0.3 is 0 Å². The first-order valence-electron chi connectivity index (χ1n) is 8.16. The van der Waals surface area contributed by atoms with Gasteiger partial charge in [0.05, 0.1) is 10.9 Å². The van der Waals surface area contributed by atoms with Crippen molar-refractivity contribution >= 4 is 33.2 Å². The van der Waals surface area contributed by atoms with Gasteiger partial charge in [0.1, 0.15) is 11.9 Å². The van der Waals surface area contributed by atoms with E-state index in [1.165, 1.54) is 16.9 Å². The summed E-state index contributed by atoms with van der Waals surface area (Å²) in [5.41, 5.74) is 0.947. The lowest BCUT2D eigenvalue weighted by atomic mass is 10.1. The summed E-state index contributed by atoms with van der Waals surface area (Å²) in [6.45, 7) is 2.53. The molecule has 0 aliphatic carbocycles. The topological polar surface area (TPSA) is 76.4 Å². The van der Waals surface area contributed by atoms with E-state index in [0.29, 0.717) is 28.7 Å². The molecule has 0 fully saturated rings. The molecule has 6 nitrogen and oxygen atoms in total. The molecule has 0 saturated carbocycles. The second kappa shape index (κ2) is 5.98. The Morgan fingerprint density at radius 3 is 2.72 bits per heavy atom. The van der Waals surface area contributed by atoms with Gasteiger partial charge in [-0.3, -0.25) is 9.59 Å². The monoisotopic (exact) mass is 332 g/mol. The molecule has 2 aromatic heterocycles. The highest BCUT2D eigenvalue weighted by Crippen LogP contribution is 2.20. The fourth-order valence-corrected chi connectivity index (χ4v) is 2.91. The van der Waals surface area contributed by atoms with Crippen LogP contribution < -0.4 is 10.9 Å². The number of nitrogens with one attached hydrogen (secondary N) is 1.